The van der Waals surface area contributed by atoms with Gasteiger partial charge in [0, 0.05) is 19.2 Å². The van der Waals surface area contributed by atoms with Gasteiger partial charge in [-0.25, -0.2) is 9.97 Å². The first-order valence-corrected chi connectivity index (χ1v) is 7.38. The molecular weight excluding hydrogens is 278 g/mol. The minimum absolute atomic E-state index is 0.0431. The smallest absolute Gasteiger partial charge is 0.233 e. The van der Waals surface area contributed by atoms with E-state index in [0.717, 1.165) is 0 Å². The summed E-state index contributed by atoms with van der Waals surface area (Å²) >= 11 is 1.24. The molecule has 7 nitrogen and oxygen atoms in total. The number of morpholine rings is 1. The van der Waals surface area contributed by atoms with Gasteiger partial charge >= 0.3 is 0 Å². The van der Waals surface area contributed by atoms with Crippen LogP contribution in [0.2, 0.25) is 0 Å². The van der Waals surface area contributed by atoms with Crippen molar-refractivity contribution in [2.45, 2.75) is 31.2 Å². The Morgan fingerprint density at radius 2 is 1.90 bits per heavy atom. The van der Waals surface area contributed by atoms with Crippen molar-refractivity contribution in [3.63, 3.8) is 0 Å². The van der Waals surface area contributed by atoms with Crippen LogP contribution in [0, 0.1) is 0 Å². The van der Waals surface area contributed by atoms with Crippen LogP contribution in [0.4, 0.5) is 11.6 Å². The second-order valence-corrected chi connectivity index (χ2v) is 5.79. The number of nitrogens with zero attached hydrogens (tertiary/aromatic N) is 3. The van der Waals surface area contributed by atoms with Crippen LogP contribution in [0.1, 0.15) is 13.8 Å². The minimum Gasteiger partial charge on any atom is -0.383 e. The lowest BCUT2D eigenvalue weighted by Gasteiger charge is -2.35. The number of rotatable bonds is 3. The van der Waals surface area contributed by atoms with Gasteiger partial charge in [0.2, 0.25) is 5.91 Å². The number of thioether (sulfide) groups is 1. The highest BCUT2D eigenvalue weighted by atomic mass is 32.2. The zero-order valence-electron chi connectivity index (χ0n) is 11.6. The molecule has 110 valence electrons. The predicted octanol–water partition coefficient (Wildman–Crippen LogP) is 0.369. The lowest BCUT2D eigenvalue weighted by molar-refractivity contribution is -0.140. The molecule has 0 spiro atoms. The van der Waals surface area contributed by atoms with E-state index in [2.05, 4.69) is 9.97 Å². The van der Waals surface area contributed by atoms with Crippen molar-refractivity contribution in [3.8, 4) is 0 Å². The fourth-order valence-corrected chi connectivity index (χ4v) is 2.90. The van der Waals surface area contributed by atoms with Gasteiger partial charge in [-0.2, -0.15) is 0 Å². The van der Waals surface area contributed by atoms with Crippen LogP contribution in [0.5, 0.6) is 0 Å². The number of hydrogen-bond donors (Lipinski definition) is 2. The average Bonchev–Trinajstić information content (AvgIpc) is 2.33. The quantitative estimate of drug-likeness (QED) is 0.613. The molecule has 1 aliphatic rings. The molecule has 1 aliphatic heterocycles. The SMILES string of the molecule is C[C@H]1CN(C(=O)CSc2nc(N)cc(N)n2)C[C@H](C)O1. The Balaban J connectivity index is 1.91. The third-order valence-electron chi connectivity index (χ3n) is 2.84. The summed E-state index contributed by atoms with van der Waals surface area (Å²) in [7, 11) is 0. The molecule has 0 bridgehead atoms. The Labute approximate surface area is 122 Å². The van der Waals surface area contributed by atoms with Gasteiger partial charge < -0.3 is 21.1 Å². The van der Waals surface area contributed by atoms with Crippen LogP contribution < -0.4 is 11.5 Å². The number of nitrogen functional groups attached to an aromatic ring is 2. The molecule has 20 heavy (non-hydrogen) atoms. The van der Waals surface area contributed by atoms with Crippen LogP contribution in [0.25, 0.3) is 0 Å². The van der Waals surface area contributed by atoms with E-state index in [-0.39, 0.29) is 23.9 Å². The second kappa shape index (κ2) is 6.27. The van der Waals surface area contributed by atoms with Crippen molar-refractivity contribution in [1.29, 1.82) is 0 Å². The largest absolute Gasteiger partial charge is 0.383 e. The maximum Gasteiger partial charge on any atom is 0.233 e. The number of hydrogen-bond acceptors (Lipinski definition) is 7. The average molecular weight is 297 g/mol. The summed E-state index contributed by atoms with van der Waals surface area (Å²) in [5, 5.41) is 0.421. The summed E-state index contributed by atoms with van der Waals surface area (Å²) in [6.45, 7) is 5.16. The fourth-order valence-electron chi connectivity index (χ4n) is 2.13. The van der Waals surface area contributed by atoms with E-state index < -0.39 is 0 Å². The molecule has 0 radical (unpaired) electrons. The summed E-state index contributed by atoms with van der Waals surface area (Å²) in [4.78, 5) is 22.0. The van der Waals surface area contributed by atoms with Gasteiger partial charge in [-0.05, 0) is 13.8 Å². The number of carbonyl (C=O) groups excluding carboxylic acids is 1. The number of nitrogens with two attached hydrogens (primary N) is 2. The van der Waals surface area contributed by atoms with Gasteiger partial charge in [-0.3, -0.25) is 4.79 Å². The topological polar surface area (TPSA) is 107 Å². The molecule has 1 amide bonds. The summed E-state index contributed by atoms with van der Waals surface area (Å²) in [5.41, 5.74) is 11.2. The maximum atomic E-state index is 12.2. The van der Waals surface area contributed by atoms with Gasteiger partial charge in [0.25, 0.3) is 0 Å². The van der Waals surface area contributed by atoms with Crippen molar-refractivity contribution in [1.82, 2.24) is 14.9 Å². The molecular formula is C12H19N5O2S. The highest BCUT2D eigenvalue weighted by Crippen LogP contribution is 2.18. The number of carbonyl (C=O) groups is 1. The van der Waals surface area contributed by atoms with Crippen molar-refractivity contribution in [3.05, 3.63) is 6.07 Å². The molecule has 0 aromatic carbocycles. The molecule has 8 heteroatoms. The first-order valence-electron chi connectivity index (χ1n) is 6.40. The highest BCUT2D eigenvalue weighted by Gasteiger charge is 2.25. The van der Waals surface area contributed by atoms with Gasteiger partial charge in [-0.15, -0.1) is 0 Å². The highest BCUT2D eigenvalue weighted by molar-refractivity contribution is 7.99. The molecule has 0 saturated carbocycles. The Kier molecular flexibility index (Phi) is 4.66. The lowest BCUT2D eigenvalue weighted by Crippen LogP contribution is -2.48. The van der Waals surface area contributed by atoms with Crippen molar-refractivity contribution >= 4 is 29.3 Å². The summed E-state index contributed by atoms with van der Waals surface area (Å²) in [6.07, 6.45) is 0.124. The van der Waals surface area contributed by atoms with Crippen molar-refractivity contribution in [2.75, 3.05) is 30.3 Å². The van der Waals surface area contributed by atoms with Gasteiger partial charge in [0.15, 0.2) is 5.16 Å². The summed E-state index contributed by atoms with van der Waals surface area (Å²) in [6, 6.07) is 1.48. The van der Waals surface area contributed by atoms with Gasteiger partial charge in [0.1, 0.15) is 11.6 Å². The molecule has 1 saturated heterocycles. The number of anilines is 2. The van der Waals surface area contributed by atoms with Gasteiger partial charge in [0.05, 0.1) is 18.0 Å². The molecule has 1 aromatic rings. The Morgan fingerprint density at radius 1 is 1.35 bits per heavy atom. The number of ether oxygens (including phenoxy) is 1. The molecule has 4 N–H and O–H groups in total. The molecule has 2 heterocycles. The van der Waals surface area contributed by atoms with Crippen LogP contribution in [0.3, 0.4) is 0 Å². The van der Waals surface area contributed by atoms with E-state index in [4.69, 9.17) is 16.2 Å². The van der Waals surface area contributed by atoms with Crippen molar-refractivity contribution in [2.24, 2.45) is 0 Å². The number of aromatic nitrogens is 2. The maximum absolute atomic E-state index is 12.2. The van der Waals surface area contributed by atoms with Crippen LogP contribution in [-0.4, -0.2) is 51.8 Å². The molecule has 0 aliphatic carbocycles. The van der Waals surface area contributed by atoms with Gasteiger partial charge in [-0.1, -0.05) is 11.8 Å². The molecule has 2 atom stereocenters. The molecule has 2 rings (SSSR count). The number of amides is 1. The van der Waals surface area contributed by atoms with E-state index >= 15 is 0 Å². The fraction of sp³-hybridized carbons (Fsp3) is 0.583. The third-order valence-corrected chi connectivity index (χ3v) is 3.67. The zero-order valence-corrected chi connectivity index (χ0v) is 12.4. The Hall–Kier alpha value is -1.54. The predicted molar refractivity (Wildman–Crippen MR) is 78.2 cm³/mol. The molecule has 1 aromatic heterocycles. The third kappa shape index (κ3) is 3.97. The monoisotopic (exact) mass is 297 g/mol. The van der Waals surface area contributed by atoms with Crippen molar-refractivity contribution < 1.29 is 9.53 Å². The normalized spacial score (nSPS) is 22.8. The first-order chi connectivity index (χ1) is 9.44. The Bertz CT molecular complexity index is 468. The standard InChI is InChI=1S/C12H19N5O2S/c1-7-4-17(5-8(2)19-7)11(18)6-20-12-15-9(13)3-10(14)16-12/h3,7-8H,4-6H2,1-2H3,(H4,13,14,15,16)/t7-,8-/m0/s1. The lowest BCUT2D eigenvalue weighted by atomic mass is 10.2. The van der Waals surface area contributed by atoms with Crippen LogP contribution in [0.15, 0.2) is 11.2 Å². The van der Waals surface area contributed by atoms with E-state index in [9.17, 15) is 4.79 Å². The van der Waals surface area contributed by atoms with Crippen LogP contribution in [-0.2, 0) is 9.53 Å². The zero-order chi connectivity index (χ0) is 14.7. The Morgan fingerprint density at radius 3 is 2.45 bits per heavy atom. The van der Waals surface area contributed by atoms with E-state index in [1.54, 1.807) is 0 Å². The molecule has 0 unspecified atom stereocenters. The summed E-state index contributed by atoms with van der Waals surface area (Å²) < 4.78 is 5.60. The molecule has 1 fully saturated rings. The minimum atomic E-state index is 0.0431. The van der Waals surface area contributed by atoms with E-state index in [0.29, 0.717) is 29.9 Å². The van der Waals surface area contributed by atoms with Crippen LogP contribution >= 0.6 is 11.8 Å². The summed E-state index contributed by atoms with van der Waals surface area (Å²) in [5.74, 6) is 0.922. The first kappa shape index (κ1) is 14.9. The van der Waals surface area contributed by atoms with E-state index in [1.165, 1.54) is 17.8 Å². The van der Waals surface area contributed by atoms with E-state index in [1.807, 2.05) is 18.7 Å². The second-order valence-electron chi connectivity index (χ2n) is 4.84.